The molecule has 0 spiro atoms. The molecule has 1 aromatic heterocycles. The lowest BCUT2D eigenvalue weighted by atomic mass is 10.1. The van der Waals surface area contributed by atoms with Gasteiger partial charge in [-0.05, 0) is 50.1 Å². The molecule has 11 heteroatoms. The van der Waals surface area contributed by atoms with Crippen molar-refractivity contribution in [2.45, 2.75) is 33.6 Å². The zero-order valence-electron chi connectivity index (χ0n) is 20.9. The van der Waals surface area contributed by atoms with Crippen LogP contribution in [0, 0.1) is 31.8 Å². The van der Waals surface area contributed by atoms with Crippen molar-refractivity contribution in [1.29, 1.82) is 5.26 Å². The van der Waals surface area contributed by atoms with Crippen LogP contribution in [0.5, 0.6) is 0 Å². The summed E-state index contributed by atoms with van der Waals surface area (Å²) in [7, 11) is 1.27. The van der Waals surface area contributed by atoms with Gasteiger partial charge in [-0.15, -0.1) is 11.3 Å². The molecular formula is C25H29N5O5S. The van der Waals surface area contributed by atoms with Crippen LogP contribution in [-0.4, -0.2) is 52.0 Å². The molecule has 10 nitrogen and oxygen atoms in total. The Hall–Kier alpha value is -3.80. The van der Waals surface area contributed by atoms with Crippen molar-refractivity contribution in [3.05, 3.63) is 45.6 Å². The van der Waals surface area contributed by atoms with Gasteiger partial charge in [-0.25, -0.2) is 4.85 Å². The van der Waals surface area contributed by atoms with Crippen LogP contribution in [0.4, 0.5) is 22.1 Å². The maximum atomic E-state index is 11.6. The lowest BCUT2D eigenvalue weighted by Gasteiger charge is -2.23. The fourth-order valence-corrected chi connectivity index (χ4v) is 4.05. The number of hydrogen-bond acceptors (Lipinski definition) is 10. The number of nitriles is 1. The van der Waals surface area contributed by atoms with Crippen LogP contribution >= 0.6 is 11.3 Å². The molecule has 1 aromatic carbocycles. The summed E-state index contributed by atoms with van der Waals surface area (Å²) in [5, 5.41) is 18.2. The number of hydrogen-bond donors (Lipinski definition) is 0. The molecule has 0 N–H and O–H groups in total. The highest BCUT2D eigenvalue weighted by Crippen LogP contribution is 2.42. The molecule has 1 heterocycles. The van der Waals surface area contributed by atoms with Crippen molar-refractivity contribution in [2.75, 3.05) is 44.9 Å². The average Bonchev–Trinajstić information content (AvgIpc) is 3.20. The van der Waals surface area contributed by atoms with Gasteiger partial charge in [0.25, 0.3) is 0 Å². The summed E-state index contributed by atoms with van der Waals surface area (Å²) in [6.07, 6.45) is -0.0150. The van der Waals surface area contributed by atoms with Crippen molar-refractivity contribution in [2.24, 2.45) is 10.2 Å². The standard InChI is InChI=1S/C25H29N5O5S/c1-6-30(11-12-34-13-14-35-23(32)10-9-22(31)33-5)19-7-8-20(17(2)15-19)28-29-25-24(27-4)18(3)21(16-26)36-25/h7-8,15H,6,9-14H2,1-3,5H3. The van der Waals surface area contributed by atoms with E-state index in [1.54, 1.807) is 6.92 Å². The van der Waals surface area contributed by atoms with Crippen LogP contribution in [0.25, 0.3) is 4.85 Å². The number of methoxy groups -OCH3 is 1. The van der Waals surface area contributed by atoms with E-state index in [1.807, 2.05) is 32.0 Å². The number of azo groups is 1. The van der Waals surface area contributed by atoms with Crippen LogP contribution in [0.1, 0.15) is 35.8 Å². The summed E-state index contributed by atoms with van der Waals surface area (Å²) in [5.41, 5.74) is 3.61. The smallest absolute Gasteiger partial charge is 0.306 e. The first kappa shape index (κ1) is 28.4. The predicted molar refractivity (Wildman–Crippen MR) is 136 cm³/mol. The van der Waals surface area contributed by atoms with Gasteiger partial charge in [-0.2, -0.15) is 15.5 Å². The second kappa shape index (κ2) is 14.6. The quantitative estimate of drug-likeness (QED) is 0.150. The Balaban J connectivity index is 1.87. The molecule has 0 amide bonds. The Morgan fingerprint density at radius 2 is 1.92 bits per heavy atom. The Morgan fingerprint density at radius 3 is 2.56 bits per heavy atom. The highest BCUT2D eigenvalue weighted by atomic mass is 32.1. The fourth-order valence-electron chi connectivity index (χ4n) is 3.18. The third-order valence-electron chi connectivity index (χ3n) is 5.24. The first-order valence-corrected chi connectivity index (χ1v) is 12.1. The topological polar surface area (TPSA) is 118 Å². The number of carbonyl (C=O) groups excluding carboxylic acids is 2. The highest BCUT2D eigenvalue weighted by molar-refractivity contribution is 7.17. The van der Waals surface area contributed by atoms with Gasteiger partial charge >= 0.3 is 11.9 Å². The molecule has 2 aromatic rings. The third-order valence-corrected chi connectivity index (χ3v) is 6.31. The molecule has 0 unspecified atom stereocenters. The number of anilines is 1. The van der Waals surface area contributed by atoms with Gasteiger partial charge in [0.15, 0.2) is 0 Å². The third kappa shape index (κ3) is 8.15. The van der Waals surface area contributed by atoms with Gasteiger partial charge in [0.2, 0.25) is 5.69 Å². The summed E-state index contributed by atoms with van der Waals surface area (Å²) in [6.45, 7) is 15.3. The number of aryl methyl sites for hydroxylation is 1. The van der Waals surface area contributed by atoms with Crippen LogP contribution in [0.3, 0.4) is 0 Å². The van der Waals surface area contributed by atoms with E-state index in [-0.39, 0.29) is 26.1 Å². The maximum Gasteiger partial charge on any atom is 0.306 e. The molecule has 0 aliphatic heterocycles. The molecule has 2 rings (SSSR count). The number of rotatable bonds is 13. The average molecular weight is 512 g/mol. The summed E-state index contributed by atoms with van der Waals surface area (Å²) in [5.74, 6) is -0.910. The van der Waals surface area contributed by atoms with Crippen molar-refractivity contribution in [1.82, 2.24) is 0 Å². The summed E-state index contributed by atoms with van der Waals surface area (Å²) in [4.78, 5) is 28.7. The summed E-state index contributed by atoms with van der Waals surface area (Å²) < 4.78 is 15.1. The lowest BCUT2D eigenvalue weighted by Crippen LogP contribution is -2.27. The highest BCUT2D eigenvalue weighted by Gasteiger charge is 2.15. The lowest BCUT2D eigenvalue weighted by molar-refractivity contribution is -0.149. The molecule has 0 saturated heterocycles. The summed E-state index contributed by atoms with van der Waals surface area (Å²) >= 11 is 1.16. The Labute approximate surface area is 214 Å². The molecule has 0 aliphatic carbocycles. The van der Waals surface area contributed by atoms with Crippen molar-refractivity contribution >= 4 is 45.3 Å². The number of thiophene rings is 1. The van der Waals surface area contributed by atoms with Crippen LogP contribution in [0.15, 0.2) is 28.4 Å². The van der Waals surface area contributed by atoms with Gasteiger partial charge in [-0.3, -0.25) is 9.59 Å². The van der Waals surface area contributed by atoms with E-state index >= 15 is 0 Å². The monoisotopic (exact) mass is 511 g/mol. The molecular weight excluding hydrogens is 482 g/mol. The number of ether oxygens (including phenoxy) is 3. The molecule has 0 atom stereocenters. The van der Waals surface area contributed by atoms with E-state index in [1.165, 1.54) is 7.11 Å². The van der Waals surface area contributed by atoms with Crippen molar-refractivity contribution in [3.8, 4) is 6.07 Å². The minimum Gasteiger partial charge on any atom is -0.469 e. The van der Waals surface area contributed by atoms with E-state index < -0.39 is 11.9 Å². The predicted octanol–water partition coefficient (Wildman–Crippen LogP) is 5.54. The number of benzene rings is 1. The number of nitrogens with zero attached hydrogens (tertiary/aromatic N) is 5. The number of carbonyl (C=O) groups is 2. The van der Waals surface area contributed by atoms with Crippen LogP contribution in [-0.2, 0) is 23.8 Å². The SMILES string of the molecule is [C-]#[N+]c1c(N=Nc2ccc(N(CC)CCOCCOC(=O)CCC(=O)OC)cc2C)sc(C#N)c1C. The van der Waals surface area contributed by atoms with Crippen LogP contribution in [0.2, 0.25) is 0 Å². The molecule has 0 radical (unpaired) electrons. The van der Waals surface area contributed by atoms with Gasteiger partial charge in [0, 0.05) is 18.8 Å². The van der Waals surface area contributed by atoms with E-state index in [0.717, 1.165) is 29.1 Å². The maximum absolute atomic E-state index is 11.6. The molecule has 0 bridgehead atoms. The molecule has 190 valence electrons. The van der Waals surface area contributed by atoms with Crippen LogP contribution < -0.4 is 4.90 Å². The van der Waals surface area contributed by atoms with E-state index in [2.05, 4.69) is 30.8 Å². The molecule has 36 heavy (non-hydrogen) atoms. The Kier molecular flexibility index (Phi) is 11.5. The minimum absolute atomic E-state index is 0.000904. The zero-order valence-corrected chi connectivity index (χ0v) is 21.7. The fraction of sp³-hybridized carbons (Fsp3) is 0.440. The first-order valence-electron chi connectivity index (χ1n) is 11.3. The second-order valence-electron chi connectivity index (χ2n) is 7.59. The van der Waals surface area contributed by atoms with Gasteiger partial charge < -0.3 is 19.1 Å². The normalized spacial score (nSPS) is 10.6. The Bertz CT molecular complexity index is 1180. The van der Waals surface area contributed by atoms with E-state index in [4.69, 9.17) is 16.0 Å². The second-order valence-corrected chi connectivity index (χ2v) is 8.59. The largest absolute Gasteiger partial charge is 0.469 e. The number of likely N-dealkylation sites (N-methyl/N-ethyl adjacent to an activating group) is 1. The Morgan fingerprint density at radius 1 is 1.17 bits per heavy atom. The van der Waals surface area contributed by atoms with Gasteiger partial charge in [0.05, 0.1) is 50.3 Å². The first-order chi connectivity index (χ1) is 17.3. The van der Waals surface area contributed by atoms with Crippen molar-refractivity contribution < 1.29 is 23.8 Å². The number of esters is 2. The van der Waals surface area contributed by atoms with Gasteiger partial charge in [-0.1, -0.05) is 0 Å². The zero-order chi connectivity index (χ0) is 26.5. The van der Waals surface area contributed by atoms with Crippen molar-refractivity contribution in [3.63, 3.8) is 0 Å². The minimum atomic E-state index is -0.461. The molecule has 0 saturated carbocycles. The van der Waals surface area contributed by atoms with E-state index in [0.29, 0.717) is 40.0 Å². The van der Waals surface area contributed by atoms with Gasteiger partial charge in [0.1, 0.15) is 17.7 Å². The van der Waals surface area contributed by atoms with E-state index in [9.17, 15) is 14.9 Å². The summed E-state index contributed by atoms with van der Waals surface area (Å²) in [6, 6.07) is 7.92. The molecule has 0 aliphatic rings. The molecule has 0 fully saturated rings.